The van der Waals surface area contributed by atoms with Crippen LogP contribution in [0.3, 0.4) is 0 Å². The maximum Gasteiger partial charge on any atom is 0.243 e. The molecule has 0 aliphatic carbocycles. The van der Waals surface area contributed by atoms with Crippen molar-refractivity contribution in [3.63, 3.8) is 0 Å². The Morgan fingerprint density at radius 1 is 1.12 bits per heavy atom. The molecule has 0 bridgehead atoms. The lowest BCUT2D eigenvalue weighted by Crippen LogP contribution is -2.34. The third-order valence-electron chi connectivity index (χ3n) is 6.12. The second kappa shape index (κ2) is 10.2. The fourth-order valence-corrected chi connectivity index (χ4v) is 6.58. The number of nitrogens with zero attached hydrogens (tertiary/aromatic N) is 3. The molecule has 2 aromatic carbocycles. The first-order valence-corrected chi connectivity index (χ1v) is 13.6. The Morgan fingerprint density at radius 3 is 2.58 bits per heavy atom. The van der Waals surface area contributed by atoms with Crippen LogP contribution in [0, 0.1) is 0 Å². The Hall–Kier alpha value is -2.49. The van der Waals surface area contributed by atoms with Crippen LogP contribution >= 0.6 is 11.3 Å². The third-order valence-corrected chi connectivity index (χ3v) is 9.22. The monoisotopic (exact) mass is 486 g/mol. The molecule has 33 heavy (non-hydrogen) atoms. The van der Waals surface area contributed by atoms with E-state index in [1.165, 1.54) is 0 Å². The number of para-hydroxylation sites is 1. The number of anilines is 1. The standard InChI is InChI=1S/C24H30N4O3S2/c1-18(24-26-21-12-5-6-13-22(21)32-24)27(2)23(29)17-25-19-10-9-11-20(16-19)33(30,31)28-14-7-3-4-8-15-28/h5-6,9-13,16,18,25H,3-4,7-8,14-15,17H2,1-2H3/t18-/m0/s1. The molecule has 1 fully saturated rings. The fourth-order valence-electron chi connectivity index (χ4n) is 3.95. The van der Waals surface area contributed by atoms with Gasteiger partial charge < -0.3 is 10.2 Å². The number of thiazole rings is 1. The lowest BCUT2D eigenvalue weighted by atomic mass is 10.2. The molecule has 1 amide bonds. The highest BCUT2D eigenvalue weighted by Gasteiger charge is 2.25. The Labute approximate surface area is 199 Å². The van der Waals surface area contributed by atoms with Crippen LogP contribution < -0.4 is 5.32 Å². The summed E-state index contributed by atoms with van der Waals surface area (Å²) in [7, 11) is -1.77. The average Bonchev–Trinajstić information content (AvgIpc) is 3.06. The van der Waals surface area contributed by atoms with E-state index in [1.54, 1.807) is 51.9 Å². The highest BCUT2D eigenvalue weighted by atomic mass is 32.2. The Kier molecular flexibility index (Phi) is 7.31. The summed E-state index contributed by atoms with van der Waals surface area (Å²) in [5.74, 6) is -0.0949. The van der Waals surface area contributed by atoms with E-state index in [0.717, 1.165) is 40.9 Å². The predicted octanol–water partition coefficient (Wildman–Crippen LogP) is 4.49. The van der Waals surface area contributed by atoms with Gasteiger partial charge in [-0.2, -0.15) is 4.31 Å². The zero-order valence-corrected chi connectivity index (χ0v) is 20.7. The van der Waals surface area contributed by atoms with Crippen LogP contribution in [0.15, 0.2) is 53.4 Å². The van der Waals surface area contributed by atoms with Gasteiger partial charge in [0.2, 0.25) is 15.9 Å². The number of aromatic nitrogens is 1. The summed E-state index contributed by atoms with van der Waals surface area (Å²) in [6.45, 7) is 3.16. The molecule has 176 valence electrons. The number of hydrogen-bond acceptors (Lipinski definition) is 6. The van der Waals surface area contributed by atoms with Gasteiger partial charge in [-0.3, -0.25) is 4.79 Å². The van der Waals surface area contributed by atoms with E-state index >= 15 is 0 Å². The van der Waals surface area contributed by atoms with Gasteiger partial charge in [0.05, 0.1) is 27.7 Å². The predicted molar refractivity (Wildman–Crippen MR) is 133 cm³/mol. The number of sulfonamides is 1. The Bertz CT molecular complexity index is 1180. The molecule has 1 aliphatic rings. The summed E-state index contributed by atoms with van der Waals surface area (Å²) in [5, 5.41) is 3.98. The van der Waals surface area contributed by atoms with E-state index in [9.17, 15) is 13.2 Å². The van der Waals surface area contributed by atoms with Crippen LogP contribution in [-0.2, 0) is 14.8 Å². The second-order valence-electron chi connectivity index (χ2n) is 8.40. The molecular formula is C24H30N4O3S2. The molecule has 4 rings (SSSR count). The topological polar surface area (TPSA) is 82.6 Å². The summed E-state index contributed by atoms with van der Waals surface area (Å²) in [4.78, 5) is 19.4. The van der Waals surface area contributed by atoms with Gasteiger partial charge in [-0.1, -0.05) is 31.0 Å². The van der Waals surface area contributed by atoms with Crippen molar-refractivity contribution in [1.29, 1.82) is 0 Å². The van der Waals surface area contributed by atoms with Gasteiger partial charge in [-0.05, 0) is 50.1 Å². The zero-order valence-electron chi connectivity index (χ0n) is 19.0. The normalized spacial score (nSPS) is 16.3. The molecule has 1 atom stereocenters. The molecule has 1 aliphatic heterocycles. The van der Waals surface area contributed by atoms with E-state index in [4.69, 9.17) is 0 Å². The van der Waals surface area contributed by atoms with Crippen molar-refractivity contribution in [2.24, 2.45) is 0 Å². The minimum absolute atomic E-state index is 0.0684. The maximum absolute atomic E-state index is 13.1. The van der Waals surface area contributed by atoms with Gasteiger partial charge in [0.1, 0.15) is 5.01 Å². The number of benzene rings is 2. The van der Waals surface area contributed by atoms with Crippen LogP contribution in [0.25, 0.3) is 10.2 Å². The molecule has 0 unspecified atom stereocenters. The van der Waals surface area contributed by atoms with E-state index in [1.807, 2.05) is 31.2 Å². The lowest BCUT2D eigenvalue weighted by Gasteiger charge is -2.24. The largest absolute Gasteiger partial charge is 0.376 e. The van der Waals surface area contributed by atoms with E-state index in [-0.39, 0.29) is 23.4 Å². The smallest absolute Gasteiger partial charge is 0.243 e. The highest BCUT2D eigenvalue weighted by Crippen LogP contribution is 2.29. The minimum atomic E-state index is -3.53. The van der Waals surface area contributed by atoms with Crippen LogP contribution in [0.2, 0.25) is 0 Å². The van der Waals surface area contributed by atoms with Gasteiger partial charge in [0, 0.05) is 25.8 Å². The molecule has 1 aromatic heterocycles. The van der Waals surface area contributed by atoms with Crippen molar-refractivity contribution in [3.8, 4) is 0 Å². The molecule has 3 aromatic rings. The number of nitrogens with one attached hydrogen (secondary N) is 1. The van der Waals surface area contributed by atoms with E-state index < -0.39 is 10.0 Å². The fraction of sp³-hybridized carbons (Fsp3) is 0.417. The molecule has 2 heterocycles. The second-order valence-corrected chi connectivity index (χ2v) is 11.4. The molecule has 1 N–H and O–H groups in total. The van der Waals surface area contributed by atoms with Crippen molar-refractivity contribution in [3.05, 3.63) is 53.5 Å². The molecule has 7 nitrogen and oxygen atoms in total. The molecule has 0 saturated carbocycles. The van der Waals surface area contributed by atoms with Crippen LogP contribution in [0.4, 0.5) is 5.69 Å². The van der Waals surface area contributed by atoms with Crippen LogP contribution in [0.5, 0.6) is 0 Å². The molecule has 1 saturated heterocycles. The Balaban J connectivity index is 1.40. The average molecular weight is 487 g/mol. The SMILES string of the molecule is C[C@@H](c1nc2ccccc2s1)N(C)C(=O)CNc1cccc(S(=O)(=O)N2CCCCCC2)c1. The minimum Gasteiger partial charge on any atom is -0.376 e. The van der Waals surface area contributed by atoms with Gasteiger partial charge in [0.25, 0.3) is 0 Å². The zero-order chi connectivity index (χ0) is 23.4. The lowest BCUT2D eigenvalue weighted by molar-refractivity contribution is -0.129. The quantitative estimate of drug-likeness (QED) is 0.532. The van der Waals surface area contributed by atoms with Gasteiger partial charge in [0.15, 0.2) is 0 Å². The van der Waals surface area contributed by atoms with Crippen molar-refractivity contribution >= 4 is 43.2 Å². The third kappa shape index (κ3) is 5.37. The summed E-state index contributed by atoms with van der Waals surface area (Å²) in [6.07, 6.45) is 3.92. The number of likely N-dealkylation sites (N-methyl/N-ethyl adjacent to an activating group) is 1. The molecular weight excluding hydrogens is 456 g/mol. The van der Waals surface area contributed by atoms with Crippen LogP contribution in [-0.4, -0.2) is 55.2 Å². The van der Waals surface area contributed by atoms with Crippen LogP contribution in [0.1, 0.15) is 43.7 Å². The van der Waals surface area contributed by atoms with Gasteiger partial charge in [-0.15, -0.1) is 11.3 Å². The number of rotatable bonds is 7. The Morgan fingerprint density at radius 2 is 1.85 bits per heavy atom. The van der Waals surface area contributed by atoms with Crippen molar-refractivity contribution < 1.29 is 13.2 Å². The number of carbonyl (C=O) groups is 1. The summed E-state index contributed by atoms with van der Waals surface area (Å²) < 4.78 is 28.8. The first-order chi connectivity index (χ1) is 15.9. The number of fused-ring (bicyclic) bond motifs is 1. The first-order valence-electron chi connectivity index (χ1n) is 11.3. The summed E-state index contributed by atoms with van der Waals surface area (Å²) in [6, 6.07) is 14.5. The number of carbonyl (C=O) groups excluding carboxylic acids is 1. The van der Waals surface area contributed by atoms with E-state index in [2.05, 4.69) is 10.3 Å². The summed E-state index contributed by atoms with van der Waals surface area (Å²) >= 11 is 1.59. The molecule has 0 radical (unpaired) electrons. The summed E-state index contributed by atoms with van der Waals surface area (Å²) in [5.41, 5.74) is 1.55. The molecule has 0 spiro atoms. The number of amides is 1. The van der Waals surface area contributed by atoms with Crippen molar-refractivity contribution in [2.45, 2.75) is 43.5 Å². The van der Waals surface area contributed by atoms with Gasteiger partial charge in [-0.25, -0.2) is 13.4 Å². The van der Waals surface area contributed by atoms with Crippen molar-refractivity contribution in [2.75, 3.05) is 32.0 Å². The van der Waals surface area contributed by atoms with Crippen molar-refractivity contribution in [1.82, 2.24) is 14.2 Å². The highest BCUT2D eigenvalue weighted by molar-refractivity contribution is 7.89. The first kappa shape index (κ1) is 23.7. The van der Waals surface area contributed by atoms with E-state index in [0.29, 0.717) is 18.8 Å². The maximum atomic E-state index is 13.1. The van der Waals surface area contributed by atoms with Gasteiger partial charge >= 0.3 is 0 Å². The number of hydrogen-bond donors (Lipinski definition) is 1. The molecule has 9 heteroatoms.